The number of carbonyl (C=O) groups is 2. The molecule has 1 atom stereocenters. The number of carbonyl (C=O) groups excluding carboxylic acids is 2. The highest BCUT2D eigenvalue weighted by Crippen LogP contribution is 2.32. The Labute approximate surface area is 167 Å². The van der Waals surface area contributed by atoms with Gasteiger partial charge in [0.05, 0.1) is 5.69 Å². The van der Waals surface area contributed by atoms with E-state index in [4.69, 9.17) is 0 Å². The SMILES string of the molecule is C=CCN1C(=O)[C@@H](CC(=O)Nc2ccccc2C)SC1=Nc1ccc(F)cc1. The van der Waals surface area contributed by atoms with Gasteiger partial charge in [-0.2, -0.15) is 0 Å². The quantitative estimate of drug-likeness (QED) is 0.740. The van der Waals surface area contributed by atoms with Crippen LogP contribution in [-0.4, -0.2) is 33.7 Å². The molecule has 0 radical (unpaired) electrons. The van der Waals surface area contributed by atoms with E-state index in [0.717, 1.165) is 11.3 Å². The van der Waals surface area contributed by atoms with Gasteiger partial charge >= 0.3 is 0 Å². The van der Waals surface area contributed by atoms with Crippen molar-refractivity contribution in [2.75, 3.05) is 11.9 Å². The molecule has 2 aromatic rings. The van der Waals surface area contributed by atoms with E-state index in [1.807, 2.05) is 31.2 Å². The molecule has 1 heterocycles. The minimum absolute atomic E-state index is 0.0356. The fraction of sp³-hybridized carbons (Fsp3) is 0.190. The van der Waals surface area contributed by atoms with Crippen LogP contribution in [0.3, 0.4) is 0 Å². The van der Waals surface area contributed by atoms with Gasteiger partial charge in [0.15, 0.2) is 5.17 Å². The van der Waals surface area contributed by atoms with Gasteiger partial charge in [-0.25, -0.2) is 9.38 Å². The van der Waals surface area contributed by atoms with E-state index in [0.29, 0.717) is 17.4 Å². The summed E-state index contributed by atoms with van der Waals surface area (Å²) in [4.78, 5) is 31.1. The van der Waals surface area contributed by atoms with Gasteiger partial charge in [-0.15, -0.1) is 6.58 Å². The Balaban J connectivity index is 1.74. The topological polar surface area (TPSA) is 61.8 Å². The van der Waals surface area contributed by atoms with E-state index in [2.05, 4.69) is 16.9 Å². The molecule has 1 fully saturated rings. The highest BCUT2D eigenvalue weighted by molar-refractivity contribution is 8.15. The molecule has 7 heteroatoms. The fourth-order valence-electron chi connectivity index (χ4n) is 2.73. The van der Waals surface area contributed by atoms with Crippen LogP contribution in [0.1, 0.15) is 12.0 Å². The Bertz CT molecular complexity index is 928. The second-order valence-electron chi connectivity index (χ2n) is 6.28. The molecule has 2 aromatic carbocycles. The van der Waals surface area contributed by atoms with Crippen molar-refractivity contribution in [3.05, 3.63) is 72.6 Å². The number of amides is 2. The van der Waals surface area contributed by atoms with Crippen LogP contribution < -0.4 is 5.32 Å². The predicted octanol–water partition coefficient (Wildman–Crippen LogP) is 4.28. The summed E-state index contributed by atoms with van der Waals surface area (Å²) in [5, 5.41) is 2.76. The third-order valence-electron chi connectivity index (χ3n) is 4.17. The first kappa shape index (κ1) is 19.8. The first-order valence-electron chi connectivity index (χ1n) is 8.76. The summed E-state index contributed by atoms with van der Waals surface area (Å²) in [6.45, 7) is 5.88. The van der Waals surface area contributed by atoms with Crippen LogP contribution in [0.25, 0.3) is 0 Å². The van der Waals surface area contributed by atoms with Gasteiger partial charge in [0, 0.05) is 18.7 Å². The molecule has 5 nitrogen and oxygen atoms in total. The number of para-hydroxylation sites is 1. The molecule has 1 aliphatic rings. The molecule has 0 unspecified atom stereocenters. The third kappa shape index (κ3) is 4.67. The summed E-state index contributed by atoms with van der Waals surface area (Å²) in [5.74, 6) is -0.778. The first-order valence-corrected chi connectivity index (χ1v) is 9.64. The number of aryl methyl sites for hydroxylation is 1. The summed E-state index contributed by atoms with van der Waals surface area (Å²) in [6, 6.07) is 13.2. The van der Waals surface area contributed by atoms with Crippen LogP contribution in [0.4, 0.5) is 15.8 Å². The molecule has 1 aliphatic heterocycles. The van der Waals surface area contributed by atoms with E-state index in [1.165, 1.54) is 40.9 Å². The molecule has 3 rings (SSSR count). The Kier molecular flexibility index (Phi) is 6.26. The van der Waals surface area contributed by atoms with Crippen LogP contribution in [0, 0.1) is 12.7 Å². The molecular weight excluding hydrogens is 377 g/mol. The van der Waals surface area contributed by atoms with Crippen molar-refractivity contribution in [3.8, 4) is 0 Å². The number of amidine groups is 1. The van der Waals surface area contributed by atoms with E-state index < -0.39 is 5.25 Å². The highest BCUT2D eigenvalue weighted by atomic mass is 32.2. The maximum Gasteiger partial charge on any atom is 0.242 e. The van der Waals surface area contributed by atoms with Gasteiger partial charge in [0.2, 0.25) is 11.8 Å². The van der Waals surface area contributed by atoms with Crippen molar-refractivity contribution in [2.24, 2.45) is 4.99 Å². The maximum absolute atomic E-state index is 13.1. The lowest BCUT2D eigenvalue weighted by Crippen LogP contribution is -2.33. The monoisotopic (exact) mass is 397 g/mol. The van der Waals surface area contributed by atoms with Crippen LogP contribution >= 0.6 is 11.8 Å². The number of benzene rings is 2. The number of aliphatic imine (C=N–C) groups is 1. The van der Waals surface area contributed by atoms with Crippen LogP contribution in [-0.2, 0) is 9.59 Å². The van der Waals surface area contributed by atoms with E-state index >= 15 is 0 Å². The number of hydrogen-bond acceptors (Lipinski definition) is 4. The van der Waals surface area contributed by atoms with Crippen molar-refractivity contribution in [1.29, 1.82) is 0 Å². The second-order valence-corrected chi connectivity index (χ2v) is 7.45. The molecule has 0 spiro atoms. The lowest BCUT2D eigenvalue weighted by atomic mass is 10.2. The Morgan fingerprint density at radius 2 is 2.00 bits per heavy atom. The summed E-state index contributed by atoms with van der Waals surface area (Å²) in [5.41, 5.74) is 2.22. The molecular formula is C21H20FN3O2S. The van der Waals surface area contributed by atoms with Gasteiger partial charge in [-0.05, 0) is 42.8 Å². The van der Waals surface area contributed by atoms with Gasteiger partial charge in [0.1, 0.15) is 11.1 Å². The smallest absolute Gasteiger partial charge is 0.242 e. The molecule has 2 amide bonds. The normalized spacial score (nSPS) is 17.8. The lowest BCUT2D eigenvalue weighted by molar-refractivity contribution is -0.127. The number of rotatable bonds is 6. The number of thioether (sulfide) groups is 1. The van der Waals surface area contributed by atoms with Crippen molar-refractivity contribution < 1.29 is 14.0 Å². The molecule has 0 saturated carbocycles. The standard InChI is InChI=1S/C21H20FN3O2S/c1-3-12-25-20(27)18(13-19(26)24-17-7-5-4-6-14(17)2)28-21(25)23-16-10-8-15(22)9-11-16/h3-11,18H,1,12-13H2,2H3,(H,24,26)/t18-/m1/s1. The van der Waals surface area contributed by atoms with E-state index in [1.54, 1.807) is 6.08 Å². The number of nitrogens with one attached hydrogen (secondary N) is 1. The number of hydrogen-bond donors (Lipinski definition) is 1. The average molecular weight is 397 g/mol. The zero-order valence-corrected chi connectivity index (χ0v) is 16.2. The number of nitrogens with zero attached hydrogens (tertiary/aromatic N) is 2. The Hall–Kier alpha value is -2.93. The Morgan fingerprint density at radius 3 is 2.68 bits per heavy atom. The molecule has 0 aliphatic carbocycles. The zero-order chi connectivity index (χ0) is 20.1. The molecule has 1 saturated heterocycles. The van der Waals surface area contributed by atoms with Gasteiger partial charge in [-0.3, -0.25) is 14.5 Å². The molecule has 144 valence electrons. The lowest BCUT2D eigenvalue weighted by Gasteiger charge is -2.14. The van der Waals surface area contributed by atoms with Gasteiger partial charge in [0.25, 0.3) is 0 Å². The zero-order valence-electron chi connectivity index (χ0n) is 15.4. The van der Waals surface area contributed by atoms with E-state index in [-0.39, 0.29) is 24.1 Å². The van der Waals surface area contributed by atoms with E-state index in [9.17, 15) is 14.0 Å². The van der Waals surface area contributed by atoms with Gasteiger partial charge < -0.3 is 5.32 Å². The summed E-state index contributed by atoms with van der Waals surface area (Å²) >= 11 is 1.23. The largest absolute Gasteiger partial charge is 0.326 e. The summed E-state index contributed by atoms with van der Waals surface area (Å²) in [6.07, 6.45) is 1.64. The third-order valence-corrected chi connectivity index (χ3v) is 5.35. The Morgan fingerprint density at radius 1 is 1.29 bits per heavy atom. The van der Waals surface area contributed by atoms with Crippen molar-refractivity contribution in [2.45, 2.75) is 18.6 Å². The van der Waals surface area contributed by atoms with Gasteiger partial charge in [-0.1, -0.05) is 36.0 Å². The average Bonchev–Trinajstić information content (AvgIpc) is 2.94. The minimum atomic E-state index is -0.567. The van der Waals surface area contributed by atoms with Crippen LogP contribution in [0.15, 0.2) is 66.2 Å². The van der Waals surface area contributed by atoms with Crippen molar-refractivity contribution in [3.63, 3.8) is 0 Å². The first-order chi connectivity index (χ1) is 13.5. The molecule has 0 bridgehead atoms. The minimum Gasteiger partial charge on any atom is -0.326 e. The summed E-state index contributed by atoms with van der Waals surface area (Å²) in [7, 11) is 0. The number of halogens is 1. The van der Waals surface area contributed by atoms with Crippen molar-refractivity contribution >= 4 is 40.1 Å². The molecule has 1 N–H and O–H groups in total. The predicted molar refractivity (Wildman–Crippen MR) is 111 cm³/mol. The second kappa shape index (κ2) is 8.84. The van der Waals surface area contributed by atoms with Crippen LogP contribution in [0.5, 0.6) is 0 Å². The highest BCUT2D eigenvalue weighted by Gasteiger charge is 2.38. The molecule has 28 heavy (non-hydrogen) atoms. The fourth-order valence-corrected chi connectivity index (χ4v) is 3.90. The van der Waals surface area contributed by atoms with Crippen LogP contribution in [0.2, 0.25) is 0 Å². The maximum atomic E-state index is 13.1. The number of anilines is 1. The summed E-state index contributed by atoms with van der Waals surface area (Å²) < 4.78 is 13.1. The van der Waals surface area contributed by atoms with Crippen molar-refractivity contribution in [1.82, 2.24) is 4.90 Å². The molecule has 0 aromatic heterocycles.